The number of esters is 1. The molecular weight excluding hydrogens is 458 g/mol. The van der Waals surface area contributed by atoms with Crippen molar-refractivity contribution in [3.8, 4) is 0 Å². The van der Waals surface area contributed by atoms with Crippen LogP contribution in [0, 0.1) is 0 Å². The third kappa shape index (κ3) is 5.13. The summed E-state index contributed by atoms with van der Waals surface area (Å²) < 4.78 is 32.6. The predicted octanol–water partition coefficient (Wildman–Crippen LogP) is 3.09. The first-order valence-electron chi connectivity index (χ1n) is 10.3. The lowest BCUT2D eigenvalue weighted by Crippen LogP contribution is -2.38. The molecule has 0 saturated carbocycles. The molecule has 3 aromatic carbocycles. The lowest BCUT2D eigenvalue weighted by atomic mass is 10.1. The highest BCUT2D eigenvalue weighted by atomic mass is 32.2. The van der Waals surface area contributed by atoms with Gasteiger partial charge in [0.25, 0.3) is 5.91 Å². The van der Waals surface area contributed by atoms with Gasteiger partial charge in [-0.1, -0.05) is 24.3 Å². The van der Waals surface area contributed by atoms with E-state index in [2.05, 4.69) is 15.4 Å². The predicted molar refractivity (Wildman–Crippen MR) is 125 cm³/mol. The van der Waals surface area contributed by atoms with E-state index in [1.54, 1.807) is 54.6 Å². The molecule has 1 aliphatic heterocycles. The molecule has 0 bridgehead atoms. The Morgan fingerprint density at radius 1 is 0.912 bits per heavy atom. The number of carbonyl (C=O) groups excluding carboxylic acids is 3. The van der Waals surface area contributed by atoms with Gasteiger partial charge in [0.2, 0.25) is 10.0 Å². The van der Waals surface area contributed by atoms with Gasteiger partial charge in [0.1, 0.15) is 11.1 Å². The number of amides is 1. The number of Topliss-reactive ketones (excluding diaryl/α,β-unsaturated/α-hetero) is 1. The van der Waals surface area contributed by atoms with Crippen molar-refractivity contribution in [2.45, 2.75) is 18.0 Å². The molecule has 3 aromatic rings. The molecule has 0 aromatic heterocycles. The molecule has 0 fully saturated rings. The van der Waals surface area contributed by atoms with Crippen molar-refractivity contribution < 1.29 is 27.5 Å². The summed E-state index contributed by atoms with van der Waals surface area (Å²) in [5, 5.41) is 5.69. The standard InChI is InChI=1S/C24H21N3O6S/c1-15(28)16-10-12-19(13-11-16)25-22(29)14-33-24(30)18-8-6-17(7-9-18)23-26-20-4-2-3-5-21(20)34(31,32)27-23/h2-13,23,26-27H,14H2,1H3,(H,25,29). The Bertz CT molecular complexity index is 1350. The molecule has 0 aliphatic carbocycles. The second-order valence-corrected chi connectivity index (χ2v) is 9.26. The van der Waals surface area contributed by atoms with Crippen LogP contribution in [0.4, 0.5) is 11.4 Å². The number of rotatable bonds is 6. The number of para-hydroxylation sites is 1. The number of ketones is 1. The summed E-state index contributed by atoms with van der Waals surface area (Å²) in [6, 6.07) is 19.1. The molecule has 0 saturated heterocycles. The fourth-order valence-electron chi connectivity index (χ4n) is 3.39. The fourth-order valence-corrected chi connectivity index (χ4v) is 4.69. The van der Waals surface area contributed by atoms with Crippen LogP contribution in [0.1, 0.15) is 39.4 Å². The van der Waals surface area contributed by atoms with Gasteiger partial charge in [0.05, 0.1) is 11.3 Å². The minimum absolute atomic E-state index is 0.0840. The number of hydrogen-bond donors (Lipinski definition) is 3. The molecule has 34 heavy (non-hydrogen) atoms. The average molecular weight is 480 g/mol. The van der Waals surface area contributed by atoms with E-state index in [1.807, 2.05) is 0 Å². The van der Waals surface area contributed by atoms with E-state index in [1.165, 1.54) is 25.1 Å². The summed E-state index contributed by atoms with van der Waals surface area (Å²) in [5.74, 6) is -1.31. The summed E-state index contributed by atoms with van der Waals surface area (Å²) in [6.07, 6.45) is -0.704. The molecule has 4 rings (SSSR count). The summed E-state index contributed by atoms with van der Waals surface area (Å²) in [5.41, 5.74) is 2.28. The van der Waals surface area contributed by atoms with E-state index in [0.717, 1.165) is 0 Å². The Balaban J connectivity index is 1.34. The minimum Gasteiger partial charge on any atom is -0.452 e. The highest BCUT2D eigenvalue weighted by Gasteiger charge is 2.29. The largest absolute Gasteiger partial charge is 0.452 e. The van der Waals surface area contributed by atoms with Crippen molar-refractivity contribution in [3.05, 3.63) is 89.5 Å². The molecule has 0 radical (unpaired) electrons. The molecule has 10 heteroatoms. The Morgan fingerprint density at radius 2 is 1.56 bits per heavy atom. The van der Waals surface area contributed by atoms with E-state index in [4.69, 9.17) is 4.74 Å². The molecule has 1 unspecified atom stereocenters. The van der Waals surface area contributed by atoms with Crippen molar-refractivity contribution in [3.63, 3.8) is 0 Å². The molecule has 1 aliphatic rings. The van der Waals surface area contributed by atoms with E-state index in [0.29, 0.717) is 22.5 Å². The van der Waals surface area contributed by atoms with Gasteiger partial charge in [-0.15, -0.1) is 0 Å². The third-order valence-corrected chi connectivity index (χ3v) is 6.62. The number of ether oxygens (including phenoxy) is 1. The number of benzene rings is 3. The Morgan fingerprint density at radius 3 is 2.24 bits per heavy atom. The normalized spacial score (nSPS) is 16.0. The van der Waals surface area contributed by atoms with Crippen LogP contribution in [0.2, 0.25) is 0 Å². The zero-order valence-corrected chi connectivity index (χ0v) is 18.9. The van der Waals surface area contributed by atoms with Crippen LogP contribution >= 0.6 is 0 Å². The first-order chi connectivity index (χ1) is 16.2. The number of fused-ring (bicyclic) bond motifs is 1. The molecular formula is C24H21N3O6S. The van der Waals surface area contributed by atoms with Gasteiger partial charge in [-0.2, -0.15) is 4.72 Å². The van der Waals surface area contributed by atoms with Gasteiger partial charge in [-0.05, 0) is 61.0 Å². The second kappa shape index (κ2) is 9.46. The smallest absolute Gasteiger partial charge is 0.338 e. The Kier molecular flexibility index (Phi) is 6.44. The molecule has 1 amide bonds. The summed E-state index contributed by atoms with van der Waals surface area (Å²) >= 11 is 0. The van der Waals surface area contributed by atoms with E-state index in [9.17, 15) is 22.8 Å². The van der Waals surface area contributed by atoms with Gasteiger partial charge >= 0.3 is 5.97 Å². The number of hydrogen-bond acceptors (Lipinski definition) is 7. The van der Waals surface area contributed by atoms with Crippen molar-refractivity contribution in [2.24, 2.45) is 0 Å². The Labute approximate surface area is 196 Å². The SMILES string of the molecule is CC(=O)c1ccc(NC(=O)COC(=O)c2ccc(C3Nc4ccccc4S(=O)(=O)N3)cc2)cc1. The fraction of sp³-hybridized carbons (Fsp3) is 0.125. The van der Waals surface area contributed by atoms with E-state index < -0.39 is 34.7 Å². The van der Waals surface area contributed by atoms with Crippen LogP contribution < -0.4 is 15.4 Å². The van der Waals surface area contributed by atoms with Crippen LogP contribution in [-0.4, -0.2) is 32.7 Å². The maximum absolute atomic E-state index is 12.5. The summed E-state index contributed by atoms with van der Waals surface area (Å²) in [4.78, 5) is 35.8. The third-order valence-electron chi connectivity index (χ3n) is 5.14. The van der Waals surface area contributed by atoms with Gasteiger partial charge in [-0.25, -0.2) is 13.2 Å². The van der Waals surface area contributed by atoms with Gasteiger partial charge in [0, 0.05) is 11.3 Å². The number of nitrogens with one attached hydrogen (secondary N) is 3. The van der Waals surface area contributed by atoms with Crippen LogP contribution in [0.5, 0.6) is 0 Å². The maximum Gasteiger partial charge on any atom is 0.338 e. The number of carbonyl (C=O) groups is 3. The molecule has 1 heterocycles. The average Bonchev–Trinajstić information content (AvgIpc) is 2.82. The summed E-state index contributed by atoms with van der Waals surface area (Å²) in [6.45, 7) is 0.957. The zero-order valence-electron chi connectivity index (χ0n) is 18.1. The molecule has 174 valence electrons. The Hall–Kier alpha value is -4.02. The quantitative estimate of drug-likeness (QED) is 0.366. The highest BCUT2D eigenvalue weighted by Crippen LogP contribution is 2.30. The van der Waals surface area contributed by atoms with Crippen molar-refractivity contribution in [2.75, 3.05) is 17.2 Å². The lowest BCUT2D eigenvalue weighted by molar-refractivity contribution is -0.119. The van der Waals surface area contributed by atoms with Gasteiger partial charge < -0.3 is 15.4 Å². The molecule has 1 atom stereocenters. The van der Waals surface area contributed by atoms with Crippen molar-refractivity contribution in [1.82, 2.24) is 4.72 Å². The monoisotopic (exact) mass is 479 g/mol. The topological polar surface area (TPSA) is 131 Å². The lowest BCUT2D eigenvalue weighted by Gasteiger charge is -2.28. The van der Waals surface area contributed by atoms with Crippen molar-refractivity contribution in [1.29, 1.82) is 0 Å². The van der Waals surface area contributed by atoms with Crippen LogP contribution in [0.25, 0.3) is 0 Å². The number of anilines is 2. The number of sulfonamides is 1. The summed E-state index contributed by atoms with van der Waals surface area (Å²) in [7, 11) is -3.68. The van der Waals surface area contributed by atoms with Crippen LogP contribution in [0.15, 0.2) is 77.7 Å². The first-order valence-corrected chi connectivity index (χ1v) is 11.8. The first kappa shape index (κ1) is 23.1. The maximum atomic E-state index is 12.5. The second-order valence-electron chi connectivity index (χ2n) is 7.57. The minimum atomic E-state index is -3.68. The van der Waals surface area contributed by atoms with Gasteiger partial charge in [-0.3, -0.25) is 9.59 Å². The zero-order chi connectivity index (χ0) is 24.3. The molecule has 9 nitrogen and oxygen atoms in total. The van der Waals surface area contributed by atoms with E-state index in [-0.39, 0.29) is 16.2 Å². The molecule has 3 N–H and O–H groups in total. The van der Waals surface area contributed by atoms with Crippen LogP contribution in [0.3, 0.4) is 0 Å². The highest BCUT2D eigenvalue weighted by molar-refractivity contribution is 7.89. The van der Waals surface area contributed by atoms with E-state index >= 15 is 0 Å². The van der Waals surface area contributed by atoms with Crippen molar-refractivity contribution >= 4 is 39.1 Å². The van der Waals surface area contributed by atoms with Gasteiger partial charge in [0.15, 0.2) is 12.4 Å². The van der Waals surface area contributed by atoms with Crippen LogP contribution in [-0.2, 0) is 19.6 Å². The molecule has 0 spiro atoms.